The summed E-state index contributed by atoms with van der Waals surface area (Å²) in [6, 6.07) is 39.6. The zero-order valence-corrected chi connectivity index (χ0v) is 38.9. The molecule has 16 heteroatoms. The number of carbonyl (C=O) groups excluding carboxylic acids is 2. The van der Waals surface area contributed by atoms with Crippen LogP contribution in [0, 0.1) is 0 Å². The van der Waals surface area contributed by atoms with Crippen LogP contribution >= 0.6 is 22.7 Å². The topological polar surface area (TPSA) is 150 Å². The first-order valence-corrected chi connectivity index (χ1v) is 24.8. The predicted octanol–water partition coefficient (Wildman–Crippen LogP) is 7.61. The zero-order valence-electron chi connectivity index (χ0n) is 37.3. The molecule has 0 spiro atoms. The van der Waals surface area contributed by atoms with Gasteiger partial charge in [-0.25, -0.2) is 0 Å². The molecule has 4 aliphatic heterocycles. The summed E-state index contributed by atoms with van der Waals surface area (Å²) in [6.45, 7) is 2.21. The minimum absolute atomic E-state index is 0.00960. The van der Waals surface area contributed by atoms with Crippen LogP contribution in [-0.4, -0.2) is 93.0 Å². The van der Waals surface area contributed by atoms with Crippen molar-refractivity contribution in [2.24, 2.45) is 0 Å². The number of aromatic hydroxyl groups is 2. The van der Waals surface area contributed by atoms with Gasteiger partial charge in [0.05, 0.1) is 38.5 Å². The normalized spacial score (nSPS) is 20.3. The molecule has 0 saturated carbocycles. The lowest BCUT2D eigenvalue weighted by Gasteiger charge is -2.51. The van der Waals surface area contributed by atoms with Gasteiger partial charge in [0.2, 0.25) is 10.9 Å². The van der Waals surface area contributed by atoms with Gasteiger partial charge in [0, 0.05) is 58.5 Å². The van der Waals surface area contributed by atoms with Crippen molar-refractivity contribution >= 4 is 34.5 Å². The molecule has 2 amide bonds. The third-order valence-corrected chi connectivity index (χ3v) is 16.2. The molecule has 70 heavy (non-hydrogen) atoms. The molecule has 348 valence electrons. The maximum absolute atomic E-state index is 13.5. The van der Waals surface area contributed by atoms with Crippen LogP contribution in [0.4, 0.5) is 0 Å². The number of morpholine rings is 2. The third kappa shape index (κ3) is 6.23. The highest BCUT2D eigenvalue weighted by Crippen LogP contribution is 2.52. The Morgan fingerprint density at radius 1 is 0.457 bits per heavy atom. The maximum atomic E-state index is 13.5. The quantitative estimate of drug-likeness (QED) is 0.177. The van der Waals surface area contributed by atoms with Gasteiger partial charge in [0.15, 0.2) is 22.9 Å². The van der Waals surface area contributed by atoms with Crippen molar-refractivity contribution in [3.63, 3.8) is 0 Å². The lowest BCUT2D eigenvalue weighted by Crippen LogP contribution is -2.66. The number of ether oxygens (including phenoxy) is 2. The Labute approximate surface area is 408 Å². The van der Waals surface area contributed by atoms with Crippen molar-refractivity contribution < 1.29 is 29.3 Å². The molecule has 8 heterocycles. The van der Waals surface area contributed by atoms with Crippen molar-refractivity contribution in [1.82, 2.24) is 19.2 Å². The highest BCUT2D eigenvalue weighted by molar-refractivity contribution is 7.14. The Hall–Kier alpha value is -7.76. The van der Waals surface area contributed by atoms with Crippen LogP contribution in [0.5, 0.6) is 11.5 Å². The Kier molecular flexibility index (Phi) is 9.95. The van der Waals surface area contributed by atoms with E-state index in [0.29, 0.717) is 39.5 Å². The van der Waals surface area contributed by atoms with Crippen molar-refractivity contribution in [3.8, 4) is 54.6 Å². The number of hydrogen-bond acceptors (Lipinski definition) is 12. The molecule has 8 aromatic rings. The summed E-state index contributed by atoms with van der Waals surface area (Å²) in [7, 11) is 0. The number of amides is 2. The van der Waals surface area contributed by atoms with Crippen LogP contribution in [0.2, 0.25) is 0 Å². The lowest BCUT2D eigenvalue weighted by atomic mass is 9.92. The number of benzene rings is 4. The zero-order chi connectivity index (χ0) is 47.4. The van der Waals surface area contributed by atoms with Crippen molar-refractivity contribution in [1.29, 1.82) is 0 Å². The van der Waals surface area contributed by atoms with Gasteiger partial charge < -0.3 is 29.5 Å². The van der Waals surface area contributed by atoms with Crippen LogP contribution in [-0.2, 0) is 9.47 Å². The van der Waals surface area contributed by atoms with Crippen molar-refractivity contribution in [3.05, 3.63) is 199 Å². The summed E-state index contributed by atoms with van der Waals surface area (Å²) in [6.07, 6.45) is 2.36. The number of rotatable bonds is 2. The molecule has 2 fully saturated rings. The number of nitrogens with zero attached hydrogens (tertiary/aromatic N) is 6. The molecule has 2 saturated heterocycles. The summed E-state index contributed by atoms with van der Waals surface area (Å²) in [5.41, 5.74) is 10.0. The number of carbonyl (C=O) groups is 2. The van der Waals surface area contributed by atoms with Gasteiger partial charge >= 0.3 is 0 Å². The third-order valence-electron chi connectivity index (χ3n) is 14.3. The summed E-state index contributed by atoms with van der Waals surface area (Å²) < 4.78 is 15.0. The number of fused-ring (bicyclic) bond motifs is 14. The fourth-order valence-electron chi connectivity index (χ4n) is 11.3. The molecule has 0 unspecified atom stereocenters. The van der Waals surface area contributed by atoms with E-state index in [9.17, 15) is 29.4 Å². The van der Waals surface area contributed by atoms with Gasteiger partial charge in [-0.2, -0.15) is 0 Å². The monoisotopic (exact) mass is 966 g/mol. The predicted molar refractivity (Wildman–Crippen MR) is 267 cm³/mol. The smallest absolute Gasteiger partial charge is 0.278 e. The van der Waals surface area contributed by atoms with Crippen molar-refractivity contribution in [2.75, 3.05) is 49.5 Å². The van der Waals surface area contributed by atoms with Gasteiger partial charge in [-0.05, 0) is 67.4 Å². The first kappa shape index (κ1) is 42.4. The second kappa shape index (κ2) is 16.4. The Morgan fingerprint density at radius 2 is 0.829 bits per heavy atom. The fraction of sp³-hybridized carbons (Fsp3) is 0.185. The van der Waals surface area contributed by atoms with Crippen LogP contribution in [0.1, 0.15) is 55.3 Å². The fourth-order valence-corrected chi connectivity index (χ4v) is 13.2. The minimum Gasteiger partial charge on any atom is -0.502 e. The second-order valence-corrected chi connectivity index (χ2v) is 19.6. The largest absolute Gasteiger partial charge is 0.502 e. The molecule has 6 aliphatic rings. The standard InChI is InChI=1S/2C27H21N3O4S/c2*31-21-9-11-29-24(25(21)32)27(33)28-12-13-34-15-22(28)30(29)23-17-6-2-1-5-16(17)20-10-14-35-26(20)19-8-4-3-7-18(19)23/h2*1-11,14,22-23,32H,12-13,15H2/t2*22-,23+/m10/s1. The molecule has 4 aromatic heterocycles. The van der Waals surface area contributed by atoms with E-state index in [2.05, 4.69) is 81.4 Å². The maximum Gasteiger partial charge on any atom is 0.278 e. The van der Waals surface area contributed by atoms with E-state index < -0.39 is 34.7 Å². The Morgan fingerprint density at radius 3 is 1.24 bits per heavy atom. The molecular formula is C54H42N6O8S2. The molecule has 0 bridgehead atoms. The van der Waals surface area contributed by atoms with E-state index in [1.165, 1.54) is 33.0 Å². The molecule has 4 aromatic carbocycles. The van der Waals surface area contributed by atoms with E-state index in [0.717, 1.165) is 44.5 Å². The van der Waals surface area contributed by atoms with Gasteiger partial charge in [-0.3, -0.25) is 38.5 Å². The number of pyridine rings is 2. The van der Waals surface area contributed by atoms with E-state index in [1.807, 2.05) is 48.5 Å². The van der Waals surface area contributed by atoms with Crippen molar-refractivity contribution in [2.45, 2.75) is 24.4 Å². The molecule has 2 aliphatic carbocycles. The highest BCUT2D eigenvalue weighted by Gasteiger charge is 2.48. The molecule has 2 N–H and O–H groups in total. The van der Waals surface area contributed by atoms with Crippen LogP contribution in [0.3, 0.4) is 0 Å². The minimum atomic E-state index is -0.569. The number of thiophene rings is 2. The first-order chi connectivity index (χ1) is 34.3. The van der Waals surface area contributed by atoms with E-state index in [4.69, 9.17) is 9.47 Å². The number of hydrogen-bond donors (Lipinski definition) is 2. The van der Waals surface area contributed by atoms with E-state index in [1.54, 1.807) is 54.2 Å². The first-order valence-electron chi connectivity index (χ1n) is 23.1. The molecule has 0 radical (unpaired) electrons. The molecule has 14 nitrogen and oxygen atoms in total. The summed E-state index contributed by atoms with van der Waals surface area (Å²) in [4.78, 5) is 57.5. The average molecular weight is 967 g/mol. The molecule has 4 atom stereocenters. The summed E-state index contributed by atoms with van der Waals surface area (Å²) in [5, 5.41) is 29.9. The second-order valence-electron chi connectivity index (χ2n) is 17.8. The van der Waals surface area contributed by atoms with E-state index in [-0.39, 0.29) is 35.3 Å². The van der Waals surface area contributed by atoms with Gasteiger partial charge in [-0.15, -0.1) is 22.7 Å². The van der Waals surface area contributed by atoms with Gasteiger partial charge in [0.1, 0.15) is 12.3 Å². The average Bonchev–Trinajstić information content (AvgIpc) is 4.06. The lowest BCUT2D eigenvalue weighted by molar-refractivity contribution is -0.0197. The number of aromatic nitrogens is 2. The summed E-state index contributed by atoms with van der Waals surface area (Å²) >= 11 is 3.42. The van der Waals surface area contributed by atoms with Gasteiger partial charge in [0.25, 0.3) is 11.8 Å². The highest BCUT2D eigenvalue weighted by atomic mass is 32.1. The van der Waals surface area contributed by atoms with Crippen LogP contribution in [0.15, 0.2) is 154 Å². The molecular weight excluding hydrogens is 925 g/mol. The SMILES string of the molecule is O=C1c2c(O)c(=O)ccn2N([C@@H]2c3ccccc3-c3ccsc3-c3ccccc32)[C@H]2COCCN12.O=C1c2c(O)c(=O)ccn2N([C@H]2c3ccccc3-c3ccsc3-c3ccccc32)[C@@H]2COCCN12. The molecule has 14 rings (SSSR count). The van der Waals surface area contributed by atoms with Gasteiger partial charge in [-0.1, -0.05) is 97.1 Å². The van der Waals surface area contributed by atoms with Crippen LogP contribution < -0.4 is 20.9 Å². The Bertz CT molecular complexity index is 3220. The van der Waals surface area contributed by atoms with E-state index >= 15 is 0 Å². The Balaban J connectivity index is 0.000000137. The summed E-state index contributed by atoms with van der Waals surface area (Å²) in [5.74, 6) is -1.78. The van der Waals surface area contributed by atoms with Crippen LogP contribution in [0.25, 0.3) is 43.1 Å².